The number of rotatable bonds is 5. The van der Waals surface area contributed by atoms with Crippen LogP contribution in [0.2, 0.25) is 5.02 Å². The predicted octanol–water partition coefficient (Wildman–Crippen LogP) is 5.00. The number of carbonyl (C=O) groups excluding carboxylic acids is 3. The number of nitrogens with zero attached hydrogens (tertiary/aromatic N) is 3. The summed E-state index contributed by atoms with van der Waals surface area (Å²) in [5, 5.41) is 3.23. The lowest BCUT2D eigenvalue weighted by atomic mass is 9.94. The molecule has 1 N–H and O–H groups in total. The summed E-state index contributed by atoms with van der Waals surface area (Å²) in [6.45, 7) is 2.17. The Balaban J connectivity index is 1.27. The number of amides is 4. The maximum atomic E-state index is 13.0. The molecule has 1 aliphatic heterocycles. The van der Waals surface area contributed by atoms with E-state index < -0.39 is 0 Å². The number of halogens is 1. The van der Waals surface area contributed by atoms with Crippen LogP contribution in [0.15, 0.2) is 18.2 Å². The molecule has 7 nitrogen and oxygen atoms in total. The highest BCUT2D eigenvalue weighted by atomic mass is 35.5. The molecule has 2 saturated carbocycles. The van der Waals surface area contributed by atoms with Crippen molar-refractivity contribution >= 4 is 35.1 Å². The Hall–Kier alpha value is -2.28. The highest BCUT2D eigenvalue weighted by Crippen LogP contribution is 2.29. The van der Waals surface area contributed by atoms with Crippen molar-refractivity contribution < 1.29 is 14.4 Å². The molecular weight excluding hydrogens is 452 g/mol. The average Bonchev–Trinajstić information content (AvgIpc) is 3.37. The number of hydrogen-bond acceptors (Lipinski definition) is 3. The third kappa shape index (κ3) is 6.04. The maximum Gasteiger partial charge on any atom is 0.321 e. The van der Waals surface area contributed by atoms with Crippen LogP contribution in [0.3, 0.4) is 0 Å². The van der Waals surface area contributed by atoms with Crippen LogP contribution in [0.4, 0.5) is 10.5 Å². The van der Waals surface area contributed by atoms with Crippen molar-refractivity contribution in [3.05, 3.63) is 28.8 Å². The highest BCUT2D eigenvalue weighted by Gasteiger charge is 2.28. The fourth-order valence-corrected chi connectivity index (χ4v) is 5.80. The first-order valence-electron chi connectivity index (χ1n) is 12.8. The number of nitrogens with one attached hydrogen (secondary N) is 1. The molecule has 186 valence electrons. The van der Waals surface area contributed by atoms with E-state index in [1.165, 1.54) is 19.3 Å². The van der Waals surface area contributed by atoms with Gasteiger partial charge in [-0.1, -0.05) is 43.7 Å². The van der Waals surface area contributed by atoms with E-state index in [9.17, 15) is 14.4 Å². The van der Waals surface area contributed by atoms with Crippen LogP contribution in [-0.4, -0.2) is 71.8 Å². The summed E-state index contributed by atoms with van der Waals surface area (Å²) in [4.78, 5) is 43.7. The van der Waals surface area contributed by atoms with Gasteiger partial charge in [0.15, 0.2) is 0 Å². The number of urea groups is 1. The van der Waals surface area contributed by atoms with Crippen LogP contribution in [-0.2, 0) is 4.79 Å². The standard InChI is InChI=1S/C26H37ClN4O3/c1-29(21-9-3-2-4-10-21)25(33)22-12-11-20(18-23(22)27)28-26(34)31-15-13-30(14-16-31)24(32)17-19-7-5-6-8-19/h11-12,18-19,21H,2-10,13-17H2,1H3,(H,28,34). The lowest BCUT2D eigenvalue weighted by molar-refractivity contribution is -0.133. The van der Waals surface area contributed by atoms with E-state index in [2.05, 4.69) is 5.32 Å². The smallest absolute Gasteiger partial charge is 0.321 e. The average molecular weight is 489 g/mol. The molecule has 4 rings (SSSR count). The van der Waals surface area contributed by atoms with Gasteiger partial charge < -0.3 is 20.0 Å². The summed E-state index contributed by atoms with van der Waals surface area (Å²) in [7, 11) is 1.85. The molecule has 0 unspecified atom stereocenters. The molecule has 4 amide bonds. The molecule has 1 heterocycles. The Morgan fingerprint density at radius 2 is 1.56 bits per heavy atom. The Morgan fingerprint density at radius 3 is 2.21 bits per heavy atom. The molecule has 3 aliphatic rings. The molecule has 1 saturated heterocycles. The summed E-state index contributed by atoms with van der Waals surface area (Å²) in [6, 6.07) is 5.12. The van der Waals surface area contributed by atoms with E-state index in [-0.39, 0.29) is 23.9 Å². The van der Waals surface area contributed by atoms with Crippen molar-refractivity contribution in [2.75, 3.05) is 38.5 Å². The molecule has 3 fully saturated rings. The van der Waals surface area contributed by atoms with Gasteiger partial charge in [0.25, 0.3) is 5.91 Å². The first kappa shape index (κ1) is 24.8. The first-order valence-corrected chi connectivity index (χ1v) is 13.2. The fourth-order valence-electron chi connectivity index (χ4n) is 5.54. The molecule has 1 aromatic rings. The van der Waals surface area contributed by atoms with Gasteiger partial charge in [0, 0.05) is 51.4 Å². The quantitative estimate of drug-likeness (QED) is 0.633. The molecular formula is C26H37ClN4O3. The minimum absolute atomic E-state index is 0.0758. The van der Waals surface area contributed by atoms with Crippen LogP contribution in [0.1, 0.15) is 74.6 Å². The predicted molar refractivity (Wildman–Crippen MR) is 134 cm³/mol. The summed E-state index contributed by atoms with van der Waals surface area (Å²) in [5.41, 5.74) is 1.02. The number of anilines is 1. The van der Waals surface area contributed by atoms with Crippen molar-refractivity contribution in [3.8, 4) is 0 Å². The Kier molecular flexibility index (Phi) is 8.35. The second kappa shape index (κ2) is 11.4. The Bertz CT molecular complexity index is 888. The topological polar surface area (TPSA) is 73.0 Å². The molecule has 1 aromatic carbocycles. The summed E-state index contributed by atoms with van der Waals surface area (Å²) < 4.78 is 0. The van der Waals surface area contributed by atoms with Crippen LogP contribution in [0.25, 0.3) is 0 Å². The molecule has 0 atom stereocenters. The molecule has 0 bridgehead atoms. The van der Waals surface area contributed by atoms with Gasteiger partial charge in [-0.3, -0.25) is 9.59 Å². The molecule has 2 aliphatic carbocycles. The van der Waals surface area contributed by atoms with Crippen LogP contribution in [0, 0.1) is 5.92 Å². The molecule has 0 aromatic heterocycles. The molecule has 0 spiro atoms. The van der Waals surface area contributed by atoms with Crippen molar-refractivity contribution in [3.63, 3.8) is 0 Å². The number of benzene rings is 1. The first-order chi connectivity index (χ1) is 16.4. The fraction of sp³-hybridized carbons (Fsp3) is 0.654. The van der Waals surface area contributed by atoms with Gasteiger partial charge in [-0.25, -0.2) is 4.79 Å². The Morgan fingerprint density at radius 1 is 0.941 bits per heavy atom. The Labute approximate surface area is 207 Å². The van der Waals surface area contributed by atoms with Crippen LogP contribution in [0.5, 0.6) is 0 Å². The van der Waals surface area contributed by atoms with E-state index >= 15 is 0 Å². The van der Waals surface area contributed by atoms with Gasteiger partial charge in [0.05, 0.1) is 10.6 Å². The number of hydrogen-bond donors (Lipinski definition) is 1. The van der Waals surface area contributed by atoms with Crippen LogP contribution >= 0.6 is 11.6 Å². The lowest BCUT2D eigenvalue weighted by Gasteiger charge is -2.35. The van der Waals surface area contributed by atoms with Gasteiger partial charge in [-0.2, -0.15) is 0 Å². The monoisotopic (exact) mass is 488 g/mol. The van der Waals surface area contributed by atoms with Crippen molar-refractivity contribution in [1.82, 2.24) is 14.7 Å². The second-order valence-corrected chi connectivity index (χ2v) is 10.5. The maximum absolute atomic E-state index is 13.0. The SMILES string of the molecule is CN(C(=O)c1ccc(NC(=O)N2CCN(C(=O)CC3CCCC3)CC2)cc1Cl)C1CCCCC1. The van der Waals surface area contributed by atoms with Crippen molar-refractivity contribution in [2.45, 2.75) is 70.3 Å². The van der Waals surface area contributed by atoms with E-state index in [1.54, 1.807) is 23.1 Å². The van der Waals surface area contributed by atoms with Gasteiger partial charge >= 0.3 is 6.03 Å². The van der Waals surface area contributed by atoms with Gasteiger partial charge in [0.2, 0.25) is 5.91 Å². The summed E-state index contributed by atoms with van der Waals surface area (Å²) >= 11 is 6.44. The van der Waals surface area contributed by atoms with E-state index in [0.29, 0.717) is 54.8 Å². The van der Waals surface area contributed by atoms with Crippen molar-refractivity contribution in [2.24, 2.45) is 5.92 Å². The van der Waals surface area contributed by atoms with E-state index in [1.807, 2.05) is 16.8 Å². The van der Waals surface area contributed by atoms with Gasteiger partial charge in [-0.15, -0.1) is 0 Å². The zero-order chi connectivity index (χ0) is 24.1. The highest BCUT2D eigenvalue weighted by molar-refractivity contribution is 6.34. The summed E-state index contributed by atoms with van der Waals surface area (Å²) in [6.07, 6.45) is 11.1. The molecule has 34 heavy (non-hydrogen) atoms. The normalized spacial score (nSPS) is 19.8. The van der Waals surface area contributed by atoms with Gasteiger partial charge in [-0.05, 0) is 49.8 Å². The third-order valence-corrected chi connectivity index (χ3v) is 8.06. The van der Waals surface area contributed by atoms with E-state index in [0.717, 1.165) is 38.5 Å². The minimum atomic E-state index is -0.211. The number of carbonyl (C=O) groups is 3. The third-order valence-electron chi connectivity index (χ3n) is 7.75. The number of piperazine rings is 1. The zero-order valence-electron chi connectivity index (χ0n) is 20.2. The largest absolute Gasteiger partial charge is 0.339 e. The minimum Gasteiger partial charge on any atom is -0.339 e. The van der Waals surface area contributed by atoms with Gasteiger partial charge in [0.1, 0.15) is 0 Å². The zero-order valence-corrected chi connectivity index (χ0v) is 21.0. The van der Waals surface area contributed by atoms with Crippen molar-refractivity contribution in [1.29, 1.82) is 0 Å². The van der Waals surface area contributed by atoms with Crippen LogP contribution < -0.4 is 5.32 Å². The summed E-state index contributed by atoms with van der Waals surface area (Å²) in [5.74, 6) is 0.682. The molecule has 0 radical (unpaired) electrons. The molecule has 8 heteroatoms. The lowest BCUT2D eigenvalue weighted by Crippen LogP contribution is -2.51. The van der Waals surface area contributed by atoms with E-state index in [4.69, 9.17) is 11.6 Å². The second-order valence-electron chi connectivity index (χ2n) is 10.1.